The van der Waals surface area contributed by atoms with Gasteiger partial charge in [-0.3, -0.25) is 10.1 Å². The number of hydrogen-bond donors (Lipinski definition) is 1. The lowest BCUT2D eigenvalue weighted by Gasteiger charge is -1.99. The van der Waals surface area contributed by atoms with Gasteiger partial charge in [-0.2, -0.15) is 11.8 Å². The number of rotatable bonds is 7. The van der Waals surface area contributed by atoms with Gasteiger partial charge < -0.3 is 5.32 Å². The van der Waals surface area contributed by atoms with E-state index in [-0.39, 0.29) is 5.00 Å². The van der Waals surface area contributed by atoms with E-state index in [1.165, 1.54) is 6.20 Å². The molecule has 1 rings (SSSR count). The fraction of sp³-hybridized carbons (Fsp3) is 0.375. The molecule has 0 aliphatic rings. The molecule has 0 aliphatic heterocycles. The van der Waals surface area contributed by atoms with Crippen molar-refractivity contribution in [3.8, 4) is 0 Å². The fourth-order valence-corrected chi connectivity index (χ4v) is 2.07. The summed E-state index contributed by atoms with van der Waals surface area (Å²) in [5.74, 6) is 1.85. The van der Waals surface area contributed by atoms with Crippen LogP contribution in [0.25, 0.3) is 0 Å². The molecule has 0 aromatic carbocycles. The summed E-state index contributed by atoms with van der Waals surface area (Å²) >= 11 is 2.80. The van der Waals surface area contributed by atoms with Crippen molar-refractivity contribution in [2.24, 2.45) is 0 Å². The van der Waals surface area contributed by atoms with Gasteiger partial charge in [0.25, 0.3) is 0 Å². The van der Waals surface area contributed by atoms with Crippen LogP contribution in [0.3, 0.4) is 0 Å². The first kappa shape index (κ1) is 12.0. The molecule has 0 amide bonds. The summed E-state index contributed by atoms with van der Waals surface area (Å²) in [4.78, 5) is 13.8. The highest BCUT2D eigenvalue weighted by Crippen LogP contribution is 2.24. The van der Waals surface area contributed by atoms with E-state index in [0.717, 1.165) is 29.4 Å². The minimum absolute atomic E-state index is 0.0660. The van der Waals surface area contributed by atoms with E-state index in [1.54, 1.807) is 11.8 Å². The Morgan fingerprint density at radius 1 is 1.80 bits per heavy atom. The van der Waals surface area contributed by atoms with E-state index < -0.39 is 4.92 Å². The van der Waals surface area contributed by atoms with E-state index in [1.807, 2.05) is 6.08 Å². The summed E-state index contributed by atoms with van der Waals surface area (Å²) in [5, 5.41) is 14.1. The van der Waals surface area contributed by atoms with Crippen LogP contribution in [0.1, 0.15) is 0 Å². The van der Waals surface area contributed by atoms with Gasteiger partial charge in [0.1, 0.15) is 6.20 Å². The molecule has 5 nitrogen and oxygen atoms in total. The second-order valence-corrected chi connectivity index (χ2v) is 4.71. The van der Waals surface area contributed by atoms with Gasteiger partial charge in [0, 0.05) is 18.1 Å². The molecule has 82 valence electrons. The number of anilines is 1. The van der Waals surface area contributed by atoms with Crippen LogP contribution < -0.4 is 5.32 Å². The lowest BCUT2D eigenvalue weighted by atomic mass is 10.7. The Kier molecular flexibility index (Phi) is 5.13. The lowest BCUT2D eigenvalue weighted by molar-refractivity contribution is -0.380. The molecule has 0 saturated carbocycles. The van der Waals surface area contributed by atoms with Crippen molar-refractivity contribution in [3.05, 3.63) is 29.0 Å². The number of thioether (sulfide) groups is 1. The summed E-state index contributed by atoms with van der Waals surface area (Å²) < 4.78 is 0. The van der Waals surface area contributed by atoms with Crippen molar-refractivity contribution < 1.29 is 4.92 Å². The smallest absolute Gasteiger partial charge is 0.345 e. The highest BCUT2D eigenvalue weighted by atomic mass is 32.2. The van der Waals surface area contributed by atoms with Gasteiger partial charge in [-0.15, -0.1) is 6.58 Å². The largest absolute Gasteiger partial charge is 0.361 e. The molecule has 0 bridgehead atoms. The first-order valence-electron chi connectivity index (χ1n) is 4.26. The SMILES string of the molecule is C=CCSCCNc1ncc([N+](=O)[O-])s1. The Morgan fingerprint density at radius 3 is 3.20 bits per heavy atom. The molecule has 1 aromatic rings. The van der Waals surface area contributed by atoms with Gasteiger partial charge in [0.2, 0.25) is 0 Å². The predicted molar refractivity (Wildman–Crippen MR) is 64.8 cm³/mol. The molecule has 1 aromatic heterocycles. The Hall–Kier alpha value is -1.08. The molecule has 0 spiro atoms. The Morgan fingerprint density at radius 2 is 2.60 bits per heavy atom. The highest BCUT2D eigenvalue weighted by molar-refractivity contribution is 7.99. The van der Waals surface area contributed by atoms with Crippen LogP contribution in [0.2, 0.25) is 0 Å². The average Bonchev–Trinajstić information content (AvgIpc) is 2.66. The summed E-state index contributed by atoms with van der Waals surface area (Å²) in [6, 6.07) is 0. The minimum atomic E-state index is -0.435. The third kappa shape index (κ3) is 4.30. The van der Waals surface area contributed by atoms with Crippen molar-refractivity contribution in [1.82, 2.24) is 4.98 Å². The molecule has 0 radical (unpaired) electrons. The van der Waals surface area contributed by atoms with E-state index in [0.29, 0.717) is 5.13 Å². The van der Waals surface area contributed by atoms with Crippen LogP contribution in [0, 0.1) is 10.1 Å². The quantitative estimate of drug-likeness (QED) is 0.346. The number of thiazole rings is 1. The third-order valence-electron chi connectivity index (χ3n) is 1.43. The maximum Gasteiger partial charge on any atom is 0.345 e. The van der Waals surface area contributed by atoms with Gasteiger partial charge in [-0.25, -0.2) is 4.98 Å². The van der Waals surface area contributed by atoms with Gasteiger partial charge in [-0.1, -0.05) is 6.08 Å². The standard InChI is InChI=1S/C8H11N3O2S2/c1-2-4-14-5-3-9-8-10-6-7(15-8)11(12)13/h2,6H,1,3-5H2,(H,9,10). The Bertz CT molecular complexity index is 340. The number of nitrogens with one attached hydrogen (secondary N) is 1. The fourth-order valence-electron chi connectivity index (χ4n) is 0.829. The van der Waals surface area contributed by atoms with Crippen molar-refractivity contribution in [1.29, 1.82) is 0 Å². The molecular weight excluding hydrogens is 234 g/mol. The van der Waals surface area contributed by atoms with Gasteiger partial charge in [0.05, 0.1) is 4.92 Å². The van der Waals surface area contributed by atoms with E-state index >= 15 is 0 Å². The molecule has 0 saturated heterocycles. The molecule has 1 heterocycles. The Balaban J connectivity index is 2.25. The summed E-state index contributed by atoms with van der Waals surface area (Å²) in [5.41, 5.74) is 0. The van der Waals surface area contributed by atoms with Crippen LogP contribution in [0.5, 0.6) is 0 Å². The molecule has 15 heavy (non-hydrogen) atoms. The Labute approximate surface area is 95.8 Å². The van der Waals surface area contributed by atoms with Crippen LogP contribution in [0.15, 0.2) is 18.9 Å². The molecule has 7 heteroatoms. The van der Waals surface area contributed by atoms with E-state index in [4.69, 9.17) is 0 Å². The van der Waals surface area contributed by atoms with Crippen LogP contribution >= 0.6 is 23.1 Å². The highest BCUT2D eigenvalue weighted by Gasteiger charge is 2.10. The molecule has 0 atom stereocenters. The molecule has 0 aliphatic carbocycles. The number of nitro groups is 1. The maximum absolute atomic E-state index is 10.4. The third-order valence-corrected chi connectivity index (χ3v) is 3.30. The molecule has 1 N–H and O–H groups in total. The lowest BCUT2D eigenvalue weighted by Crippen LogP contribution is -2.03. The van der Waals surface area contributed by atoms with Gasteiger partial charge >= 0.3 is 5.00 Å². The first-order valence-corrected chi connectivity index (χ1v) is 6.24. The van der Waals surface area contributed by atoms with Gasteiger partial charge in [0.15, 0.2) is 5.13 Å². The summed E-state index contributed by atoms with van der Waals surface area (Å²) in [6.45, 7) is 4.37. The van der Waals surface area contributed by atoms with E-state index in [2.05, 4.69) is 16.9 Å². The first-order chi connectivity index (χ1) is 7.24. The number of nitrogens with zero attached hydrogens (tertiary/aromatic N) is 2. The van der Waals surface area contributed by atoms with Crippen LogP contribution in [0.4, 0.5) is 10.1 Å². The molecular formula is C8H11N3O2S2. The zero-order chi connectivity index (χ0) is 11.1. The van der Waals surface area contributed by atoms with Crippen molar-refractivity contribution in [2.75, 3.05) is 23.4 Å². The number of hydrogen-bond acceptors (Lipinski definition) is 6. The summed E-state index contributed by atoms with van der Waals surface area (Å²) in [6.07, 6.45) is 3.11. The van der Waals surface area contributed by atoms with Gasteiger partial charge in [-0.05, 0) is 11.3 Å². The van der Waals surface area contributed by atoms with Crippen LogP contribution in [-0.4, -0.2) is 28.0 Å². The van der Waals surface area contributed by atoms with Crippen molar-refractivity contribution in [2.45, 2.75) is 0 Å². The monoisotopic (exact) mass is 245 g/mol. The second-order valence-electron chi connectivity index (χ2n) is 2.55. The minimum Gasteiger partial charge on any atom is -0.361 e. The van der Waals surface area contributed by atoms with E-state index in [9.17, 15) is 10.1 Å². The molecule has 0 fully saturated rings. The zero-order valence-electron chi connectivity index (χ0n) is 8.01. The summed E-state index contributed by atoms with van der Waals surface area (Å²) in [7, 11) is 0. The second kappa shape index (κ2) is 6.41. The van der Waals surface area contributed by atoms with Crippen molar-refractivity contribution >= 4 is 33.2 Å². The maximum atomic E-state index is 10.4. The van der Waals surface area contributed by atoms with Crippen molar-refractivity contribution in [3.63, 3.8) is 0 Å². The predicted octanol–water partition coefficient (Wildman–Crippen LogP) is 2.38. The zero-order valence-corrected chi connectivity index (χ0v) is 9.64. The number of aromatic nitrogens is 1. The molecule has 0 unspecified atom stereocenters. The average molecular weight is 245 g/mol. The normalized spacial score (nSPS) is 9.87. The topological polar surface area (TPSA) is 68.1 Å². The van der Waals surface area contributed by atoms with Crippen LogP contribution in [-0.2, 0) is 0 Å².